The zero-order valence-corrected chi connectivity index (χ0v) is 18.6. The van der Waals surface area contributed by atoms with Crippen molar-refractivity contribution < 1.29 is 19.1 Å². The Labute approximate surface area is 191 Å². The molecule has 0 aliphatic carbocycles. The van der Waals surface area contributed by atoms with Crippen molar-refractivity contribution >= 4 is 34.8 Å². The molecule has 8 heteroatoms. The minimum absolute atomic E-state index is 0.306. The molecule has 0 fully saturated rings. The van der Waals surface area contributed by atoms with E-state index in [1.807, 2.05) is 0 Å². The number of rotatable bonds is 7. The van der Waals surface area contributed by atoms with Gasteiger partial charge in [0.05, 0.1) is 19.9 Å². The predicted molar refractivity (Wildman–Crippen MR) is 125 cm³/mol. The number of hydrazone groups is 1. The third kappa shape index (κ3) is 5.65. The van der Waals surface area contributed by atoms with Crippen LogP contribution in [0, 0.1) is 0 Å². The molecule has 7 nitrogen and oxygen atoms in total. The average Bonchev–Trinajstić information content (AvgIpc) is 2.82. The maximum absolute atomic E-state index is 12.6. The van der Waals surface area contributed by atoms with Crippen LogP contribution in [0.4, 0.5) is 5.69 Å². The number of anilines is 1. The van der Waals surface area contributed by atoms with Crippen molar-refractivity contribution in [3.8, 4) is 11.5 Å². The molecule has 0 unspecified atom stereocenters. The van der Waals surface area contributed by atoms with E-state index in [-0.39, 0.29) is 5.91 Å². The number of hydrogen-bond acceptors (Lipinski definition) is 5. The van der Waals surface area contributed by atoms with Crippen molar-refractivity contribution in [1.29, 1.82) is 0 Å². The quantitative estimate of drug-likeness (QED) is 0.400. The highest BCUT2D eigenvalue weighted by atomic mass is 35.5. The Morgan fingerprint density at radius 1 is 0.875 bits per heavy atom. The monoisotopic (exact) mass is 451 g/mol. The van der Waals surface area contributed by atoms with E-state index in [0.29, 0.717) is 39.0 Å². The zero-order valence-electron chi connectivity index (χ0n) is 17.8. The second kappa shape index (κ2) is 10.5. The number of nitrogens with one attached hydrogen (secondary N) is 2. The summed E-state index contributed by atoms with van der Waals surface area (Å²) in [5.41, 5.74) is 5.09. The number of carbonyl (C=O) groups excluding carboxylic acids is 2. The van der Waals surface area contributed by atoms with Gasteiger partial charge >= 0.3 is 0 Å². The number of methoxy groups -OCH3 is 2. The topological polar surface area (TPSA) is 89.0 Å². The van der Waals surface area contributed by atoms with Gasteiger partial charge in [0.15, 0.2) is 0 Å². The van der Waals surface area contributed by atoms with E-state index in [9.17, 15) is 9.59 Å². The van der Waals surface area contributed by atoms with Crippen LogP contribution < -0.4 is 20.2 Å². The SMILES string of the molecule is COc1ccc(C(C)=NNC(=O)c2cccc(NC(=O)c3ccc(Cl)cc3)c2)c(OC)c1. The van der Waals surface area contributed by atoms with Crippen LogP contribution in [-0.4, -0.2) is 31.7 Å². The molecule has 3 aromatic carbocycles. The molecule has 0 heterocycles. The molecule has 164 valence electrons. The molecular weight excluding hydrogens is 430 g/mol. The van der Waals surface area contributed by atoms with Gasteiger partial charge in [0.25, 0.3) is 11.8 Å². The average molecular weight is 452 g/mol. The number of carbonyl (C=O) groups is 2. The molecule has 0 spiro atoms. The van der Waals surface area contributed by atoms with Gasteiger partial charge in [-0.1, -0.05) is 17.7 Å². The van der Waals surface area contributed by atoms with E-state index in [1.54, 1.807) is 87.9 Å². The largest absolute Gasteiger partial charge is 0.497 e. The number of benzene rings is 3. The molecule has 2 N–H and O–H groups in total. The maximum atomic E-state index is 12.6. The molecule has 0 aromatic heterocycles. The van der Waals surface area contributed by atoms with E-state index in [1.165, 1.54) is 0 Å². The molecule has 0 bridgehead atoms. The fourth-order valence-electron chi connectivity index (χ4n) is 2.90. The van der Waals surface area contributed by atoms with Crippen LogP contribution in [0.25, 0.3) is 0 Å². The van der Waals surface area contributed by atoms with Crippen molar-refractivity contribution in [2.45, 2.75) is 6.92 Å². The number of ether oxygens (including phenoxy) is 2. The Hall–Kier alpha value is -3.84. The summed E-state index contributed by atoms with van der Waals surface area (Å²) in [7, 11) is 3.12. The minimum atomic E-state index is -0.417. The van der Waals surface area contributed by atoms with Crippen LogP contribution in [-0.2, 0) is 0 Å². The summed E-state index contributed by atoms with van der Waals surface area (Å²) < 4.78 is 10.6. The number of halogens is 1. The molecule has 32 heavy (non-hydrogen) atoms. The first-order valence-corrected chi connectivity index (χ1v) is 10.0. The summed E-state index contributed by atoms with van der Waals surface area (Å²) in [6, 6.07) is 18.4. The summed E-state index contributed by atoms with van der Waals surface area (Å²) in [4.78, 5) is 25.0. The molecule has 3 rings (SSSR count). The van der Waals surface area contributed by atoms with Gasteiger partial charge < -0.3 is 14.8 Å². The van der Waals surface area contributed by atoms with E-state index in [4.69, 9.17) is 21.1 Å². The summed E-state index contributed by atoms with van der Waals surface area (Å²) in [5.74, 6) is 0.505. The Balaban J connectivity index is 1.70. The smallest absolute Gasteiger partial charge is 0.271 e. The van der Waals surface area contributed by atoms with Crippen molar-refractivity contribution in [2.24, 2.45) is 5.10 Å². The standard InChI is InChI=1S/C24H22ClN3O4/c1-15(21-12-11-20(31-2)14-22(21)32-3)27-28-24(30)17-5-4-6-19(13-17)26-23(29)16-7-9-18(25)10-8-16/h4-14H,1-3H3,(H,26,29)(H,28,30). The van der Waals surface area contributed by atoms with Crippen molar-refractivity contribution in [3.05, 3.63) is 88.4 Å². The van der Waals surface area contributed by atoms with Crippen molar-refractivity contribution in [3.63, 3.8) is 0 Å². The summed E-state index contributed by atoms with van der Waals surface area (Å²) in [6.45, 7) is 1.76. The molecule has 0 saturated heterocycles. The second-order valence-electron chi connectivity index (χ2n) is 6.75. The maximum Gasteiger partial charge on any atom is 0.271 e. The van der Waals surface area contributed by atoms with Gasteiger partial charge in [-0.25, -0.2) is 5.43 Å². The van der Waals surface area contributed by atoms with Crippen LogP contribution in [0.1, 0.15) is 33.2 Å². The van der Waals surface area contributed by atoms with Gasteiger partial charge in [0, 0.05) is 33.5 Å². The molecule has 3 aromatic rings. The van der Waals surface area contributed by atoms with Crippen LogP contribution in [0.5, 0.6) is 11.5 Å². The Morgan fingerprint density at radius 2 is 1.62 bits per heavy atom. The lowest BCUT2D eigenvalue weighted by Gasteiger charge is -2.10. The fourth-order valence-corrected chi connectivity index (χ4v) is 3.03. The van der Waals surface area contributed by atoms with Gasteiger partial charge in [0.1, 0.15) is 11.5 Å². The second-order valence-corrected chi connectivity index (χ2v) is 7.18. The molecule has 2 amide bonds. The minimum Gasteiger partial charge on any atom is -0.497 e. The number of hydrogen-bond donors (Lipinski definition) is 2. The highest BCUT2D eigenvalue weighted by Gasteiger charge is 2.11. The highest BCUT2D eigenvalue weighted by Crippen LogP contribution is 2.25. The fraction of sp³-hybridized carbons (Fsp3) is 0.125. The highest BCUT2D eigenvalue weighted by molar-refractivity contribution is 6.30. The van der Waals surface area contributed by atoms with Gasteiger partial charge in [-0.3, -0.25) is 9.59 Å². The van der Waals surface area contributed by atoms with Crippen LogP contribution in [0.15, 0.2) is 71.8 Å². The number of amides is 2. The first-order valence-electron chi connectivity index (χ1n) is 9.65. The molecule has 0 atom stereocenters. The normalized spacial score (nSPS) is 10.9. The Kier molecular flexibility index (Phi) is 7.46. The molecule has 0 radical (unpaired) electrons. The third-order valence-electron chi connectivity index (χ3n) is 4.61. The van der Waals surface area contributed by atoms with Crippen molar-refractivity contribution in [1.82, 2.24) is 5.43 Å². The van der Waals surface area contributed by atoms with Gasteiger partial charge in [-0.15, -0.1) is 0 Å². The van der Waals surface area contributed by atoms with E-state index >= 15 is 0 Å². The summed E-state index contributed by atoms with van der Waals surface area (Å²) >= 11 is 5.85. The summed E-state index contributed by atoms with van der Waals surface area (Å²) in [5, 5.41) is 7.49. The first-order chi connectivity index (χ1) is 15.4. The molecular formula is C24H22ClN3O4. The molecule has 0 aliphatic heterocycles. The van der Waals surface area contributed by atoms with Gasteiger partial charge in [-0.05, 0) is 61.5 Å². The predicted octanol–water partition coefficient (Wildman–Crippen LogP) is 4.76. The summed E-state index contributed by atoms with van der Waals surface area (Å²) in [6.07, 6.45) is 0. The molecule has 0 aliphatic rings. The Bertz CT molecular complexity index is 1160. The van der Waals surface area contributed by atoms with Crippen LogP contribution >= 0.6 is 11.6 Å². The van der Waals surface area contributed by atoms with Crippen LogP contribution in [0.2, 0.25) is 5.02 Å². The van der Waals surface area contributed by atoms with E-state index < -0.39 is 5.91 Å². The lowest BCUT2D eigenvalue weighted by atomic mass is 10.1. The first kappa shape index (κ1) is 22.8. The van der Waals surface area contributed by atoms with E-state index in [2.05, 4.69) is 15.8 Å². The van der Waals surface area contributed by atoms with Gasteiger partial charge in [0.2, 0.25) is 0 Å². The number of nitrogens with zero attached hydrogens (tertiary/aromatic N) is 1. The lowest BCUT2D eigenvalue weighted by molar-refractivity contribution is 0.0953. The van der Waals surface area contributed by atoms with E-state index in [0.717, 1.165) is 5.56 Å². The Morgan fingerprint density at radius 3 is 2.31 bits per heavy atom. The van der Waals surface area contributed by atoms with Crippen LogP contribution in [0.3, 0.4) is 0 Å². The third-order valence-corrected chi connectivity index (χ3v) is 4.86. The lowest BCUT2D eigenvalue weighted by Crippen LogP contribution is -2.20. The van der Waals surface area contributed by atoms with Crippen molar-refractivity contribution in [2.75, 3.05) is 19.5 Å². The van der Waals surface area contributed by atoms with Gasteiger partial charge in [-0.2, -0.15) is 5.10 Å². The zero-order chi connectivity index (χ0) is 23.1. The molecule has 0 saturated carbocycles.